The minimum Gasteiger partial charge on any atom is -0.399 e. The Labute approximate surface area is 106 Å². The highest BCUT2D eigenvalue weighted by molar-refractivity contribution is 9.10. The molecule has 0 spiro atoms. The van der Waals surface area contributed by atoms with Crippen LogP contribution in [0.3, 0.4) is 0 Å². The van der Waals surface area contributed by atoms with E-state index in [9.17, 15) is 0 Å². The number of pyridine rings is 1. The van der Waals surface area contributed by atoms with Crippen molar-refractivity contribution in [2.24, 2.45) is 0 Å². The van der Waals surface area contributed by atoms with Crippen LogP contribution >= 0.6 is 15.9 Å². The van der Waals surface area contributed by atoms with Crippen LogP contribution in [0.4, 0.5) is 5.69 Å². The first-order valence-corrected chi connectivity index (χ1v) is 5.90. The van der Waals surface area contributed by atoms with Crippen LogP contribution in [0.25, 0.3) is 17.0 Å². The zero-order valence-electron chi connectivity index (χ0n) is 8.84. The number of halogens is 1. The summed E-state index contributed by atoms with van der Waals surface area (Å²) in [6, 6.07) is 11.5. The van der Waals surface area contributed by atoms with Crippen molar-refractivity contribution in [2.75, 3.05) is 5.73 Å². The van der Waals surface area contributed by atoms with Crippen LogP contribution in [0.1, 0.15) is 0 Å². The molecule has 2 N–H and O–H groups in total. The van der Waals surface area contributed by atoms with Crippen molar-refractivity contribution in [1.29, 1.82) is 0 Å². The average molecular weight is 289 g/mol. The number of anilines is 1. The van der Waals surface area contributed by atoms with Gasteiger partial charge in [-0.15, -0.1) is 10.2 Å². The van der Waals surface area contributed by atoms with Crippen LogP contribution in [0, 0.1) is 0 Å². The van der Waals surface area contributed by atoms with Crippen LogP contribution in [-0.2, 0) is 0 Å². The number of hydrogen-bond donors (Lipinski definition) is 1. The summed E-state index contributed by atoms with van der Waals surface area (Å²) in [6.07, 6.45) is 1.87. The van der Waals surface area contributed by atoms with Crippen LogP contribution in [-0.4, -0.2) is 14.6 Å². The Kier molecular flexibility index (Phi) is 2.33. The summed E-state index contributed by atoms with van der Waals surface area (Å²) in [5, 5.41) is 8.30. The highest BCUT2D eigenvalue weighted by Crippen LogP contribution is 2.26. The lowest BCUT2D eigenvalue weighted by molar-refractivity contribution is 1.11. The molecule has 3 aromatic rings. The monoisotopic (exact) mass is 288 g/mol. The Hall–Kier alpha value is -1.88. The number of nitrogens with two attached hydrogens (primary N) is 1. The van der Waals surface area contributed by atoms with Gasteiger partial charge in [-0.05, 0) is 12.1 Å². The third-order valence-electron chi connectivity index (χ3n) is 2.55. The number of hydrogen-bond acceptors (Lipinski definition) is 3. The Balaban J connectivity index is 2.29. The fourth-order valence-corrected chi connectivity index (χ4v) is 2.19. The summed E-state index contributed by atoms with van der Waals surface area (Å²) < 4.78 is 2.90. The summed E-state index contributed by atoms with van der Waals surface area (Å²) in [7, 11) is 0. The molecule has 0 saturated heterocycles. The molecule has 0 fully saturated rings. The van der Waals surface area contributed by atoms with E-state index in [-0.39, 0.29) is 0 Å². The lowest BCUT2D eigenvalue weighted by Gasteiger charge is -2.02. The molecule has 0 radical (unpaired) electrons. The predicted octanol–water partition coefficient (Wildman–Crippen LogP) is 2.74. The van der Waals surface area contributed by atoms with Crippen molar-refractivity contribution in [3.63, 3.8) is 0 Å². The molecular weight excluding hydrogens is 280 g/mol. The quantitative estimate of drug-likeness (QED) is 0.749. The summed E-state index contributed by atoms with van der Waals surface area (Å²) in [4.78, 5) is 0. The Morgan fingerprint density at radius 3 is 2.76 bits per heavy atom. The number of nitrogen functional groups attached to an aromatic ring is 1. The predicted molar refractivity (Wildman–Crippen MR) is 70.5 cm³/mol. The summed E-state index contributed by atoms with van der Waals surface area (Å²) in [5.41, 5.74) is 8.15. The zero-order chi connectivity index (χ0) is 11.8. The maximum Gasteiger partial charge on any atom is 0.169 e. The molecule has 2 heterocycles. The lowest BCUT2D eigenvalue weighted by atomic mass is 10.2. The molecule has 0 bridgehead atoms. The highest BCUT2D eigenvalue weighted by Gasteiger charge is 2.10. The molecular formula is C12H9BrN4. The minimum absolute atomic E-state index is 0.684. The first-order valence-electron chi connectivity index (χ1n) is 5.11. The van der Waals surface area contributed by atoms with Gasteiger partial charge in [0.1, 0.15) is 0 Å². The molecule has 0 atom stereocenters. The van der Waals surface area contributed by atoms with E-state index >= 15 is 0 Å². The van der Waals surface area contributed by atoms with Gasteiger partial charge in [-0.1, -0.05) is 34.1 Å². The molecule has 5 heteroatoms. The molecule has 0 unspecified atom stereocenters. The van der Waals surface area contributed by atoms with Crippen molar-refractivity contribution in [3.8, 4) is 11.4 Å². The van der Waals surface area contributed by atoms with Gasteiger partial charge in [0.15, 0.2) is 11.5 Å². The fourth-order valence-electron chi connectivity index (χ4n) is 1.73. The highest BCUT2D eigenvalue weighted by atomic mass is 79.9. The van der Waals surface area contributed by atoms with Gasteiger partial charge >= 0.3 is 0 Å². The van der Waals surface area contributed by atoms with Crippen LogP contribution in [0.5, 0.6) is 0 Å². The molecule has 3 rings (SSSR count). The van der Waals surface area contributed by atoms with Crippen molar-refractivity contribution >= 4 is 27.3 Å². The van der Waals surface area contributed by atoms with Crippen molar-refractivity contribution in [2.45, 2.75) is 0 Å². The Bertz CT molecular complexity index is 690. The van der Waals surface area contributed by atoms with E-state index < -0.39 is 0 Å². The van der Waals surface area contributed by atoms with Gasteiger partial charge in [0, 0.05) is 28.0 Å². The van der Waals surface area contributed by atoms with Crippen molar-refractivity contribution in [1.82, 2.24) is 14.6 Å². The molecule has 2 aromatic heterocycles. The van der Waals surface area contributed by atoms with Gasteiger partial charge in [0.05, 0.1) is 0 Å². The van der Waals surface area contributed by atoms with Crippen LogP contribution < -0.4 is 5.73 Å². The third-order valence-corrected chi connectivity index (χ3v) is 3.24. The maximum atomic E-state index is 5.71. The summed E-state index contributed by atoms with van der Waals surface area (Å²) in [5.74, 6) is 0.799. The van der Waals surface area contributed by atoms with Gasteiger partial charge in [-0.25, -0.2) is 0 Å². The van der Waals surface area contributed by atoms with Gasteiger partial charge in [-0.3, -0.25) is 4.40 Å². The molecule has 4 nitrogen and oxygen atoms in total. The number of benzene rings is 1. The third kappa shape index (κ3) is 1.68. The first-order chi connectivity index (χ1) is 8.25. The van der Waals surface area contributed by atoms with Crippen molar-refractivity contribution in [3.05, 3.63) is 47.1 Å². The number of fused-ring (bicyclic) bond motifs is 1. The van der Waals surface area contributed by atoms with E-state index in [1.165, 1.54) is 0 Å². The number of rotatable bonds is 1. The number of aromatic nitrogens is 3. The Morgan fingerprint density at radius 2 is 1.94 bits per heavy atom. The molecule has 0 amide bonds. The molecule has 0 saturated carbocycles. The second-order valence-electron chi connectivity index (χ2n) is 3.69. The van der Waals surface area contributed by atoms with E-state index in [1.807, 2.05) is 40.9 Å². The van der Waals surface area contributed by atoms with E-state index in [0.717, 1.165) is 21.5 Å². The van der Waals surface area contributed by atoms with Crippen LogP contribution in [0.2, 0.25) is 0 Å². The molecule has 0 aliphatic heterocycles. The average Bonchev–Trinajstić information content (AvgIpc) is 2.72. The molecule has 84 valence electrons. The van der Waals surface area contributed by atoms with Gasteiger partial charge in [0.25, 0.3) is 0 Å². The van der Waals surface area contributed by atoms with Crippen LogP contribution in [0.15, 0.2) is 47.1 Å². The Morgan fingerprint density at radius 1 is 1.12 bits per heavy atom. The standard InChI is InChI=1S/C12H9BrN4/c13-10-4-2-1-3-9(10)12-16-15-11-7-8(14)5-6-17(11)12/h1-7H,14H2. The van der Waals surface area contributed by atoms with Gasteiger partial charge < -0.3 is 5.73 Å². The second-order valence-corrected chi connectivity index (χ2v) is 4.55. The largest absolute Gasteiger partial charge is 0.399 e. The summed E-state index contributed by atoms with van der Waals surface area (Å²) in [6.45, 7) is 0. The summed E-state index contributed by atoms with van der Waals surface area (Å²) >= 11 is 3.51. The van der Waals surface area contributed by atoms with E-state index in [2.05, 4.69) is 26.1 Å². The molecule has 1 aromatic carbocycles. The minimum atomic E-state index is 0.684. The maximum absolute atomic E-state index is 5.71. The molecule has 0 aliphatic carbocycles. The first kappa shape index (κ1) is 10.3. The lowest BCUT2D eigenvalue weighted by Crippen LogP contribution is -1.92. The smallest absolute Gasteiger partial charge is 0.169 e. The fraction of sp³-hybridized carbons (Fsp3) is 0. The van der Waals surface area contributed by atoms with Gasteiger partial charge in [0.2, 0.25) is 0 Å². The van der Waals surface area contributed by atoms with Crippen molar-refractivity contribution < 1.29 is 0 Å². The normalized spacial score (nSPS) is 10.9. The molecule has 17 heavy (non-hydrogen) atoms. The van der Waals surface area contributed by atoms with E-state index in [4.69, 9.17) is 5.73 Å². The topological polar surface area (TPSA) is 56.2 Å². The number of nitrogens with zero attached hydrogens (tertiary/aromatic N) is 3. The van der Waals surface area contributed by atoms with Gasteiger partial charge in [-0.2, -0.15) is 0 Å². The molecule has 0 aliphatic rings. The van der Waals surface area contributed by atoms with E-state index in [1.54, 1.807) is 6.07 Å². The zero-order valence-corrected chi connectivity index (χ0v) is 10.4. The second kappa shape index (κ2) is 3.85. The van der Waals surface area contributed by atoms with E-state index in [0.29, 0.717) is 5.69 Å². The SMILES string of the molecule is Nc1ccn2c(-c3ccccc3Br)nnc2c1.